The summed E-state index contributed by atoms with van der Waals surface area (Å²) in [4.78, 5) is 10.7. The van der Waals surface area contributed by atoms with E-state index in [1.54, 1.807) is 0 Å². The monoisotopic (exact) mass is 219 g/mol. The zero-order valence-electron chi connectivity index (χ0n) is 9.20. The maximum absolute atomic E-state index is 10.7. The van der Waals surface area contributed by atoms with Crippen molar-refractivity contribution in [2.75, 3.05) is 11.9 Å². The van der Waals surface area contributed by atoms with Crippen LogP contribution in [0.2, 0.25) is 0 Å². The number of benzene rings is 1. The lowest BCUT2D eigenvalue weighted by molar-refractivity contribution is 0.253. The van der Waals surface area contributed by atoms with E-state index in [9.17, 15) is 4.79 Å². The first kappa shape index (κ1) is 11.0. The van der Waals surface area contributed by atoms with Crippen molar-refractivity contribution in [1.82, 2.24) is 0 Å². The number of urea groups is 1. The predicted octanol–water partition coefficient (Wildman–Crippen LogP) is 1.56. The molecule has 1 saturated carbocycles. The highest BCUT2D eigenvalue weighted by atomic mass is 16.2. The van der Waals surface area contributed by atoms with Gasteiger partial charge in [0, 0.05) is 17.6 Å². The van der Waals surface area contributed by atoms with E-state index in [2.05, 4.69) is 5.32 Å². The fourth-order valence-electron chi connectivity index (χ4n) is 2.26. The lowest BCUT2D eigenvalue weighted by atomic mass is 9.64. The van der Waals surface area contributed by atoms with Crippen molar-refractivity contribution in [2.24, 2.45) is 11.5 Å². The molecule has 2 rings (SSSR count). The first-order valence-corrected chi connectivity index (χ1v) is 5.53. The predicted molar refractivity (Wildman–Crippen MR) is 64.2 cm³/mol. The molecule has 0 unspecified atom stereocenters. The molecule has 1 aromatic carbocycles. The summed E-state index contributed by atoms with van der Waals surface area (Å²) in [5.41, 5.74) is 13.0. The fraction of sp³-hybridized carbons (Fsp3) is 0.417. The quantitative estimate of drug-likeness (QED) is 0.721. The van der Waals surface area contributed by atoms with E-state index in [1.807, 2.05) is 24.3 Å². The molecule has 0 bridgehead atoms. The van der Waals surface area contributed by atoms with Crippen molar-refractivity contribution in [2.45, 2.75) is 24.7 Å². The number of nitrogens with two attached hydrogens (primary N) is 2. The molecule has 1 aliphatic rings. The van der Waals surface area contributed by atoms with Gasteiger partial charge in [-0.05, 0) is 30.5 Å². The molecule has 86 valence electrons. The Kier molecular flexibility index (Phi) is 2.83. The Labute approximate surface area is 95.0 Å². The Morgan fingerprint density at radius 3 is 2.31 bits per heavy atom. The molecule has 0 aromatic heterocycles. The SMILES string of the molecule is NCC1(c2ccc(NC(N)=O)cc2)CCC1. The Morgan fingerprint density at radius 2 is 1.94 bits per heavy atom. The van der Waals surface area contributed by atoms with E-state index in [-0.39, 0.29) is 5.41 Å². The highest BCUT2D eigenvalue weighted by Crippen LogP contribution is 2.42. The van der Waals surface area contributed by atoms with Crippen molar-refractivity contribution >= 4 is 11.7 Å². The van der Waals surface area contributed by atoms with Crippen LogP contribution in [0.4, 0.5) is 10.5 Å². The van der Waals surface area contributed by atoms with Crippen molar-refractivity contribution in [3.05, 3.63) is 29.8 Å². The number of hydrogen-bond acceptors (Lipinski definition) is 2. The summed E-state index contributed by atoms with van der Waals surface area (Å²) in [5.74, 6) is 0. The second-order valence-electron chi connectivity index (χ2n) is 4.40. The van der Waals surface area contributed by atoms with E-state index >= 15 is 0 Å². The molecule has 4 nitrogen and oxygen atoms in total. The first-order chi connectivity index (χ1) is 7.66. The summed E-state index contributed by atoms with van der Waals surface area (Å²) in [6.07, 6.45) is 3.57. The molecule has 5 N–H and O–H groups in total. The summed E-state index contributed by atoms with van der Waals surface area (Å²) in [7, 11) is 0. The second kappa shape index (κ2) is 4.14. The van der Waals surface area contributed by atoms with Crippen LogP contribution in [0.1, 0.15) is 24.8 Å². The molecule has 2 amide bonds. The van der Waals surface area contributed by atoms with Gasteiger partial charge in [-0.15, -0.1) is 0 Å². The van der Waals surface area contributed by atoms with Gasteiger partial charge in [-0.25, -0.2) is 4.79 Å². The van der Waals surface area contributed by atoms with Crippen LogP contribution >= 0.6 is 0 Å². The van der Waals surface area contributed by atoms with Gasteiger partial charge in [0.1, 0.15) is 0 Å². The minimum Gasteiger partial charge on any atom is -0.351 e. The van der Waals surface area contributed by atoms with E-state index < -0.39 is 6.03 Å². The number of amides is 2. The van der Waals surface area contributed by atoms with Gasteiger partial charge in [-0.1, -0.05) is 18.6 Å². The number of primary amides is 1. The van der Waals surface area contributed by atoms with Crippen LogP contribution in [-0.2, 0) is 5.41 Å². The molecular formula is C12H17N3O. The lowest BCUT2D eigenvalue weighted by Gasteiger charge is -2.41. The minimum absolute atomic E-state index is 0.172. The molecule has 0 aliphatic heterocycles. The summed E-state index contributed by atoms with van der Waals surface area (Å²) >= 11 is 0. The molecule has 0 spiro atoms. The highest BCUT2D eigenvalue weighted by molar-refractivity contribution is 5.87. The maximum Gasteiger partial charge on any atom is 0.316 e. The second-order valence-corrected chi connectivity index (χ2v) is 4.40. The molecule has 0 atom stereocenters. The number of anilines is 1. The van der Waals surface area contributed by atoms with Gasteiger partial charge in [0.15, 0.2) is 0 Å². The average Bonchev–Trinajstić information content (AvgIpc) is 2.19. The molecule has 1 fully saturated rings. The largest absolute Gasteiger partial charge is 0.351 e. The number of nitrogens with one attached hydrogen (secondary N) is 1. The Balaban J connectivity index is 2.15. The third-order valence-corrected chi connectivity index (χ3v) is 3.47. The van der Waals surface area contributed by atoms with Crippen LogP contribution in [0.25, 0.3) is 0 Å². The van der Waals surface area contributed by atoms with E-state index in [4.69, 9.17) is 11.5 Å². The minimum atomic E-state index is -0.537. The molecule has 0 heterocycles. The Morgan fingerprint density at radius 1 is 1.31 bits per heavy atom. The summed E-state index contributed by atoms with van der Waals surface area (Å²) in [6.45, 7) is 0.690. The molecule has 1 aromatic rings. The summed E-state index contributed by atoms with van der Waals surface area (Å²) < 4.78 is 0. The summed E-state index contributed by atoms with van der Waals surface area (Å²) in [5, 5.41) is 2.55. The van der Waals surface area contributed by atoms with Gasteiger partial charge >= 0.3 is 6.03 Å². The van der Waals surface area contributed by atoms with Crippen molar-refractivity contribution in [3.63, 3.8) is 0 Å². The first-order valence-electron chi connectivity index (χ1n) is 5.53. The van der Waals surface area contributed by atoms with Crippen LogP contribution in [-0.4, -0.2) is 12.6 Å². The Bertz CT molecular complexity index is 376. The zero-order chi connectivity index (χ0) is 11.6. The van der Waals surface area contributed by atoms with Gasteiger partial charge in [0.05, 0.1) is 0 Å². The van der Waals surface area contributed by atoms with Gasteiger partial charge in [-0.3, -0.25) is 0 Å². The van der Waals surface area contributed by atoms with Crippen molar-refractivity contribution in [3.8, 4) is 0 Å². The average molecular weight is 219 g/mol. The molecule has 0 radical (unpaired) electrons. The van der Waals surface area contributed by atoms with Gasteiger partial charge in [0.25, 0.3) is 0 Å². The lowest BCUT2D eigenvalue weighted by Crippen LogP contribution is -2.41. The zero-order valence-corrected chi connectivity index (χ0v) is 9.20. The molecule has 16 heavy (non-hydrogen) atoms. The van der Waals surface area contributed by atoms with Crippen LogP contribution < -0.4 is 16.8 Å². The Hall–Kier alpha value is -1.55. The third-order valence-electron chi connectivity index (χ3n) is 3.47. The van der Waals surface area contributed by atoms with E-state index in [0.29, 0.717) is 6.54 Å². The summed E-state index contributed by atoms with van der Waals surface area (Å²) in [6, 6.07) is 7.25. The third kappa shape index (κ3) is 1.88. The molecule has 0 saturated heterocycles. The normalized spacial score (nSPS) is 17.6. The van der Waals surface area contributed by atoms with Gasteiger partial charge in [0.2, 0.25) is 0 Å². The molecular weight excluding hydrogens is 202 g/mol. The maximum atomic E-state index is 10.7. The number of carbonyl (C=O) groups is 1. The van der Waals surface area contributed by atoms with Crippen molar-refractivity contribution < 1.29 is 4.79 Å². The van der Waals surface area contributed by atoms with Crippen LogP contribution in [0.5, 0.6) is 0 Å². The molecule has 4 heteroatoms. The van der Waals surface area contributed by atoms with Crippen molar-refractivity contribution in [1.29, 1.82) is 0 Å². The van der Waals surface area contributed by atoms with Crippen LogP contribution in [0.3, 0.4) is 0 Å². The van der Waals surface area contributed by atoms with Gasteiger partial charge in [-0.2, -0.15) is 0 Å². The fourth-order valence-corrected chi connectivity index (χ4v) is 2.26. The standard InChI is InChI=1S/C12H17N3O/c13-8-12(6-1-7-12)9-2-4-10(5-3-9)15-11(14)16/h2-5H,1,6-8,13H2,(H3,14,15,16). The smallest absolute Gasteiger partial charge is 0.316 e. The van der Waals surface area contributed by atoms with Crippen LogP contribution in [0, 0.1) is 0 Å². The number of hydrogen-bond donors (Lipinski definition) is 3. The number of carbonyl (C=O) groups excluding carboxylic acids is 1. The van der Waals surface area contributed by atoms with E-state index in [0.717, 1.165) is 18.5 Å². The molecule has 1 aliphatic carbocycles. The van der Waals surface area contributed by atoms with E-state index in [1.165, 1.54) is 12.0 Å². The topological polar surface area (TPSA) is 81.1 Å². The van der Waals surface area contributed by atoms with Gasteiger partial charge < -0.3 is 16.8 Å². The van der Waals surface area contributed by atoms with Crippen LogP contribution in [0.15, 0.2) is 24.3 Å². The number of rotatable bonds is 3. The highest BCUT2D eigenvalue weighted by Gasteiger charge is 2.36.